The normalized spacial score (nSPS) is 15.9. The molecule has 0 saturated heterocycles. The van der Waals surface area contributed by atoms with Gasteiger partial charge < -0.3 is 4.74 Å². The smallest absolute Gasteiger partial charge is 0.189 e. The Labute approximate surface area is 122 Å². The number of benzene rings is 2. The molecule has 3 rings (SSSR count). The molecule has 3 heteroatoms. The topological polar surface area (TPSA) is 26.3 Å². The second-order valence-corrected chi connectivity index (χ2v) is 5.08. The summed E-state index contributed by atoms with van der Waals surface area (Å²) in [6.07, 6.45) is 3.23. The molecule has 106 valence electrons. The van der Waals surface area contributed by atoms with Gasteiger partial charge in [0, 0.05) is 11.1 Å². The van der Waals surface area contributed by atoms with Crippen LogP contribution in [-0.4, -0.2) is 12.9 Å². The molecule has 0 aromatic heterocycles. The molecule has 0 saturated carbocycles. The average Bonchev–Trinajstić information content (AvgIpc) is 2.50. The zero-order valence-corrected chi connectivity index (χ0v) is 11.7. The number of ketones is 1. The summed E-state index contributed by atoms with van der Waals surface area (Å²) in [5, 5.41) is 0. The number of rotatable bonds is 2. The van der Waals surface area contributed by atoms with E-state index in [9.17, 15) is 9.18 Å². The van der Waals surface area contributed by atoms with Crippen molar-refractivity contribution in [2.45, 2.75) is 12.8 Å². The van der Waals surface area contributed by atoms with E-state index in [1.54, 1.807) is 37.5 Å². The Morgan fingerprint density at radius 2 is 2.00 bits per heavy atom. The van der Waals surface area contributed by atoms with Crippen LogP contribution < -0.4 is 4.74 Å². The quantitative estimate of drug-likeness (QED) is 0.777. The van der Waals surface area contributed by atoms with Crippen LogP contribution >= 0.6 is 0 Å². The van der Waals surface area contributed by atoms with Gasteiger partial charge in [-0.3, -0.25) is 4.79 Å². The van der Waals surface area contributed by atoms with Crippen molar-refractivity contribution >= 4 is 11.9 Å². The zero-order valence-electron chi connectivity index (χ0n) is 11.7. The molecular formula is C18H15FO2. The van der Waals surface area contributed by atoms with E-state index in [4.69, 9.17) is 4.74 Å². The number of aryl methyl sites for hydroxylation is 1. The minimum Gasteiger partial charge on any atom is -0.497 e. The predicted molar refractivity (Wildman–Crippen MR) is 80.0 cm³/mol. The summed E-state index contributed by atoms with van der Waals surface area (Å²) >= 11 is 0. The van der Waals surface area contributed by atoms with Crippen LogP contribution in [0.4, 0.5) is 4.39 Å². The Morgan fingerprint density at radius 1 is 1.14 bits per heavy atom. The first-order valence-corrected chi connectivity index (χ1v) is 6.85. The van der Waals surface area contributed by atoms with E-state index >= 15 is 0 Å². The van der Waals surface area contributed by atoms with Crippen LogP contribution in [0.1, 0.15) is 27.9 Å². The molecule has 0 radical (unpaired) electrons. The number of allylic oxidation sites excluding steroid dienone is 1. The molecule has 0 spiro atoms. The number of methoxy groups -OCH3 is 1. The summed E-state index contributed by atoms with van der Waals surface area (Å²) in [6, 6.07) is 11.8. The molecule has 1 aliphatic carbocycles. The van der Waals surface area contributed by atoms with Gasteiger partial charge in [0.05, 0.1) is 7.11 Å². The fraction of sp³-hybridized carbons (Fsp3) is 0.167. The van der Waals surface area contributed by atoms with E-state index in [0.717, 1.165) is 28.9 Å². The lowest BCUT2D eigenvalue weighted by molar-refractivity contribution is 0.102. The molecule has 1 aliphatic rings. The number of fused-ring (bicyclic) bond motifs is 1. The molecule has 21 heavy (non-hydrogen) atoms. The molecule has 0 heterocycles. The maximum atomic E-state index is 13.2. The number of halogens is 1. The van der Waals surface area contributed by atoms with Gasteiger partial charge in [-0.1, -0.05) is 12.1 Å². The fourth-order valence-corrected chi connectivity index (χ4v) is 2.62. The van der Waals surface area contributed by atoms with E-state index in [2.05, 4.69) is 0 Å². The third-order valence-corrected chi connectivity index (χ3v) is 3.70. The van der Waals surface area contributed by atoms with Gasteiger partial charge in [0.25, 0.3) is 0 Å². The lowest BCUT2D eigenvalue weighted by atomic mass is 9.86. The molecule has 0 atom stereocenters. The molecule has 0 N–H and O–H groups in total. The van der Waals surface area contributed by atoms with Gasteiger partial charge in [-0.05, 0) is 60.4 Å². The highest BCUT2D eigenvalue weighted by molar-refractivity contribution is 6.13. The molecule has 0 bridgehead atoms. The van der Waals surface area contributed by atoms with E-state index < -0.39 is 0 Å². The van der Waals surface area contributed by atoms with Crippen LogP contribution in [0.15, 0.2) is 48.0 Å². The maximum absolute atomic E-state index is 13.2. The molecule has 0 fully saturated rings. The Balaban J connectivity index is 1.95. The van der Waals surface area contributed by atoms with Crippen molar-refractivity contribution in [1.82, 2.24) is 0 Å². The van der Waals surface area contributed by atoms with Gasteiger partial charge >= 0.3 is 0 Å². The molecule has 2 aromatic rings. The predicted octanol–water partition coefficient (Wildman–Crippen LogP) is 4.05. The van der Waals surface area contributed by atoms with Crippen molar-refractivity contribution in [3.05, 3.63) is 70.5 Å². The fourth-order valence-electron chi connectivity index (χ4n) is 2.62. The Hall–Kier alpha value is -2.42. The Morgan fingerprint density at radius 3 is 2.76 bits per heavy atom. The van der Waals surface area contributed by atoms with E-state index in [0.29, 0.717) is 12.0 Å². The standard InChI is InChI=1S/C18H15FO2/c1-21-16-7-8-17-13(11-16)5-6-14(18(17)20)9-12-3-2-4-15(19)10-12/h2-4,7-11H,5-6H2,1H3/b14-9+. The lowest BCUT2D eigenvalue weighted by Gasteiger charge is -2.18. The van der Waals surface area contributed by atoms with Gasteiger partial charge in [0.1, 0.15) is 11.6 Å². The number of carbonyl (C=O) groups excluding carboxylic acids is 1. The largest absolute Gasteiger partial charge is 0.497 e. The van der Waals surface area contributed by atoms with Crippen LogP contribution in [-0.2, 0) is 6.42 Å². The summed E-state index contributed by atoms with van der Waals surface area (Å²) in [6.45, 7) is 0. The van der Waals surface area contributed by atoms with Crippen molar-refractivity contribution in [1.29, 1.82) is 0 Å². The van der Waals surface area contributed by atoms with Crippen LogP contribution in [0.2, 0.25) is 0 Å². The number of Topliss-reactive ketones (excluding diaryl/α,β-unsaturated/α-hetero) is 1. The van der Waals surface area contributed by atoms with Gasteiger partial charge in [0.2, 0.25) is 0 Å². The highest BCUT2D eigenvalue weighted by Crippen LogP contribution is 2.29. The van der Waals surface area contributed by atoms with Crippen molar-refractivity contribution in [3.63, 3.8) is 0 Å². The summed E-state index contributed by atoms with van der Waals surface area (Å²) in [4.78, 5) is 12.5. The third kappa shape index (κ3) is 2.72. The van der Waals surface area contributed by atoms with Gasteiger partial charge in [0.15, 0.2) is 5.78 Å². The molecule has 0 aliphatic heterocycles. The highest BCUT2D eigenvalue weighted by Gasteiger charge is 2.22. The van der Waals surface area contributed by atoms with Crippen molar-refractivity contribution < 1.29 is 13.9 Å². The highest BCUT2D eigenvalue weighted by atomic mass is 19.1. The summed E-state index contributed by atoms with van der Waals surface area (Å²) in [5.41, 5.74) is 3.16. The zero-order chi connectivity index (χ0) is 14.8. The van der Waals surface area contributed by atoms with Gasteiger partial charge in [-0.2, -0.15) is 0 Å². The van der Waals surface area contributed by atoms with Crippen LogP contribution in [0.3, 0.4) is 0 Å². The number of ether oxygens (including phenoxy) is 1. The first-order chi connectivity index (χ1) is 10.2. The number of carbonyl (C=O) groups is 1. The van der Waals surface area contributed by atoms with E-state index in [1.807, 2.05) is 6.07 Å². The minimum atomic E-state index is -0.294. The lowest BCUT2D eigenvalue weighted by Crippen LogP contribution is -2.14. The SMILES string of the molecule is COc1ccc2c(c1)CC/C(=C\c1cccc(F)c1)C2=O. The molecule has 0 unspecified atom stereocenters. The van der Waals surface area contributed by atoms with Crippen molar-refractivity contribution in [3.8, 4) is 5.75 Å². The van der Waals surface area contributed by atoms with Crippen molar-refractivity contribution in [2.75, 3.05) is 7.11 Å². The second-order valence-electron chi connectivity index (χ2n) is 5.08. The second kappa shape index (κ2) is 5.52. The first kappa shape index (κ1) is 13.6. The van der Waals surface area contributed by atoms with Gasteiger partial charge in [-0.25, -0.2) is 4.39 Å². The van der Waals surface area contributed by atoms with Crippen molar-refractivity contribution in [2.24, 2.45) is 0 Å². The Bertz CT molecular complexity index is 732. The molecular weight excluding hydrogens is 267 g/mol. The third-order valence-electron chi connectivity index (χ3n) is 3.70. The number of hydrogen-bond donors (Lipinski definition) is 0. The monoisotopic (exact) mass is 282 g/mol. The molecule has 0 amide bonds. The van der Waals surface area contributed by atoms with E-state index in [-0.39, 0.29) is 11.6 Å². The summed E-state index contributed by atoms with van der Waals surface area (Å²) in [5.74, 6) is 0.486. The minimum absolute atomic E-state index is 0.0168. The molecule has 2 aromatic carbocycles. The molecule has 2 nitrogen and oxygen atoms in total. The summed E-state index contributed by atoms with van der Waals surface area (Å²) in [7, 11) is 1.61. The van der Waals surface area contributed by atoms with Crippen LogP contribution in [0.5, 0.6) is 5.75 Å². The maximum Gasteiger partial charge on any atom is 0.189 e. The van der Waals surface area contributed by atoms with Crippen LogP contribution in [0.25, 0.3) is 6.08 Å². The van der Waals surface area contributed by atoms with E-state index in [1.165, 1.54) is 12.1 Å². The summed E-state index contributed by atoms with van der Waals surface area (Å²) < 4.78 is 18.4. The van der Waals surface area contributed by atoms with Gasteiger partial charge in [-0.15, -0.1) is 0 Å². The first-order valence-electron chi connectivity index (χ1n) is 6.85. The Kier molecular flexibility index (Phi) is 3.57. The average molecular weight is 282 g/mol. The van der Waals surface area contributed by atoms with Crippen LogP contribution in [0, 0.1) is 5.82 Å². The number of hydrogen-bond acceptors (Lipinski definition) is 2.